The maximum Gasteiger partial charge on any atom is 0.250 e. The fraction of sp³-hybridized carbons (Fsp3) is 0.364. The molecule has 0 aliphatic carbocycles. The number of halogens is 1. The van der Waals surface area contributed by atoms with Crippen LogP contribution < -0.4 is 16.8 Å². The van der Waals surface area contributed by atoms with Gasteiger partial charge in [0.15, 0.2) is 0 Å². The normalized spacial score (nSPS) is 12.2. The van der Waals surface area contributed by atoms with E-state index in [1.54, 1.807) is 13.2 Å². The van der Waals surface area contributed by atoms with Crippen molar-refractivity contribution in [3.8, 4) is 0 Å². The first kappa shape index (κ1) is 13.6. The summed E-state index contributed by atoms with van der Waals surface area (Å²) < 4.78 is 5.09. The van der Waals surface area contributed by atoms with Gasteiger partial charge >= 0.3 is 0 Å². The molecular weight excluding hydrogens is 242 g/mol. The van der Waals surface area contributed by atoms with Gasteiger partial charge in [-0.1, -0.05) is 11.6 Å². The molecule has 1 atom stereocenters. The van der Waals surface area contributed by atoms with Crippen molar-refractivity contribution >= 4 is 28.9 Å². The molecule has 0 bridgehead atoms. The summed E-state index contributed by atoms with van der Waals surface area (Å²) in [6.07, 6.45) is -0.00986. The number of carbonyl (C=O) groups excluding carboxylic acids is 1. The Labute approximate surface area is 105 Å². The Balaban J connectivity index is 3.00. The lowest BCUT2D eigenvalue weighted by Crippen LogP contribution is -2.21. The van der Waals surface area contributed by atoms with E-state index in [1.165, 1.54) is 6.07 Å². The van der Waals surface area contributed by atoms with Crippen LogP contribution >= 0.6 is 11.6 Å². The third-order valence-corrected chi connectivity index (χ3v) is 2.64. The van der Waals surface area contributed by atoms with E-state index in [0.717, 1.165) is 0 Å². The predicted molar refractivity (Wildman–Crippen MR) is 69.3 cm³/mol. The SMILES string of the molecule is COC(C)CNc1c(Cl)cc(N)cc1C(N)=O. The van der Waals surface area contributed by atoms with Gasteiger partial charge in [0.05, 0.1) is 22.4 Å². The summed E-state index contributed by atoms with van der Waals surface area (Å²) in [5.41, 5.74) is 12.0. The Morgan fingerprint density at radius 2 is 2.24 bits per heavy atom. The highest BCUT2D eigenvalue weighted by molar-refractivity contribution is 6.34. The number of amides is 1. The molecule has 1 unspecified atom stereocenters. The van der Waals surface area contributed by atoms with Crippen LogP contribution in [-0.2, 0) is 4.74 Å². The molecule has 5 nitrogen and oxygen atoms in total. The Morgan fingerprint density at radius 3 is 2.76 bits per heavy atom. The first-order chi connectivity index (χ1) is 7.95. The summed E-state index contributed by atoms with van der Waals surface area (Å²) in [6.45, 7) is 2.41. The summed E-state index contributed by atoms with van der Waals surface area (Å²) in [7, 11) is 1.60. The van der Waals surface area contributed by atoms with Crippen LogP contribution in [0.25, 0.3) is 0 Å². The molecule has 0 spiro atoms. The molecule has 0 saturated carbocycles. The molecule has 1 rings (SSSR count). The largest absolute Gasteiger partial charge is 0.399 e. The van der Waals surface area contributed by atoms with Crippen LogP contribution in [0.15, 0.2) is 12.1 Å². The third-order valence-electron chi connectivity index (χ3n) is 2.35. The number of nitrogens with two attached hydrogens (primary N) is 2. The van der Waals surface area contributed by atoms with Gasteiger partial charge in [-0.25, -0.2) is 0 Å². The number of hydrogen-bond donors (Lipinski definition) is 3. The van der Waals surface area contributed by atoms with Crippen LogP contribution in [-0.4, -0.2) is 25.7 Å². The highest BCUT2D eigenvalue weighted by Gasteiger charge is 2.13. The molecule has 0 heterocycles. The molecular formula is C11H16ClN3O2. The molecule has 0 aliphatic heterocycles. The van der Waals surface area contributed by atoms with E-state index in [4.69, 9.17) is 27.8 Å². The van der Waals surface area contributed by atoms with Crippen molar-refractivity contribution in [1.29, 1.82) is 0 Å². The number of carbonyl (C=O) groups is 1. The third kappa shape index (κ3) is 3.51. The van der Waals surface area contributed by atoms with Gasteiger partial charge in [0.2, 0.25) is 0 Å². The minimum absolute atomic E-state index is 0.00986. The number of nitrogens with one attached hydrogen (secondary N) is 1. The van der Waals surface area contributed by atoms with Crippen molar-refractivity contribution in [3.63, 3.8) is 0 Å². The number of rotatable bonds is 5. The van der Waals surface area contributed by atoms with Gasteiger partial charge in [-0.3, -0.25) is 4.79 Å². The summed E-state index contributed by atoms with van der Waals surface area (Å²) in [6, 6.07) is 3.06. The summed E-state index contributed by atoms with van der Waals surface area (Å²) >= 11 is 6.01. The Morgan fingerprint density at radius 1 is 1.59 bits per heavy atom. The van der Waals surface area contributed by atoms with Gasteiger partial charge in [-0.05, 0) is 19.1 Å². The zero-order valence-electron chi connectivity index (χ0n) is 9.79. The van der Waals surface area contributed by atoms with Gasteiger partial charge in [-0.2, -0.15) is 0 Å². The number of methoxy groups -OCH3 is 1. The minimum atomic E-state index is -0.577. The number of primary amides is 1. The van der Waals surface area contributed by atoms with E-state index in [0.29, 0.717) is 22.9 Å². The summed E-state index contributed by atoms with van der Waals surface area (Å²) in [5, 5.41) is 3.39. The molecule has 1 amide bonds. The van der Waals surface area contributed by atoms with Crippen LogP contribution in [0.2, 0.25) is 5.02 Å². The molecule has 0 aromatic heterocycles. The van der Waals surface area contributed by atoms with E-state index in [2.05, 4.69) is 5.32 Å². The Kier molecular flexibility index (Phi) is 4.60. The number of hydrogen-bond acceptors (Lipinski definition) is 4. The van der Waals surface area contributed by atoms with Crippen molar-refractivity contribution in [2.24, 2.45) is 5.73 Å². The molecule has 0 aliphatic rings. The minimum Gasteiger partial charge on any atom is -0.399 e. The smallest absolute Gasteiger partial charge is 0.250 e. The quantitative estimate of drug-likeness (QED) is 0.697. The van der Waals surface area contributed by atoms with Crippen LogP contribution in [0.4, 0.5) is 11.4 Å². The van der Waals surface area contributed by atoms with E-state index < -0.39 is 5.91 Å². The lowest BCUT2D eigenvalue weighted by atomic mass is 10.1. The maximum atomic E-state index is 11.3. The van der Waals surface area contributed by atoms with Gasteiger partial charge in [0.1, 0.15) is 0 Å². The molecule has 6 heteroatoms. The van der Waals surface area contributed by atoms with Crippen molar-refractivity contribution in [2.75, 3.05) is 24.7 Å². The first-order valence-corrected chi connectivity index (χ1v) is 5.49. The van der Waals surface area contributed by atoms with Crippen LogP contribution in [0.3, 0.4) is 0 Å². The lowest BCUT2D eigenvalue weighted by Gasteiger charge is -2.15. The molecule has 0 radical (unpaired) electrons. The number of anilines is 2. The topological polar surface area (TPSA) is 90.4 Å². The van der Waals surface area contributed by atoms with Crippen LogP contribution in [0, 0.1) is 0 Å². The number of nitrogen functional groups attached to an aromatic ring is 1. The highest BCUT2D eigenvalue weighted by atomic mass is 35.5. The van der Waals surface area contributed by atoms with Gasteiger partial charge < -0.3 is 21.5 Å². The Hall–Kier alpha value is -1.46. The zero-order valence-corrected chi connectivity index (χ0v) is 10.5. The van der Waals surface area contributed by atoms with Gasteiger partial charge in [0.25, 0.3) is 5.91 Å². The second-order valence-corrected chi connectivity index (χ2v) is 4.12. The monoisotopic (exact) mass is 257 g/mol. The molecule has 0 saturated heterocycles. The highest BCUT2D eigenvalue weighted by Crippen LogP contribution is 2.28. The van der Waals surface area contributed by atoms with E-state index in [9.17, 15) is 4.79 Å². The zero-order chi connectivity index (χ0) is 13.0. The van der Waals surface area contributed by atoms with Crippen molar-refractivity contribution in [1.82, 2.24) is 0 Å². The van der Waals surface area contributed by atoms with Crippen molar-refractivity contribution in [3.05, 3.63) is 22.7 Å². The molecule has 0 fully saturated rings. The van der Waals surface area contributed by atoms with Gasteiger partial charge in [-0.15, -0.1) is 0 Å². The fourth-order valence-corrected chi connectivity index (χ4v) is 1.63. The van der Waals surface area contributed by atoms with E-state index >= 15 is 0 Å². The molecule has 1 aromatic carbocycles. The van der Waals surface area contributed by atoms with Gasteiger partial charge in [0, 0.05) is 19.3 Å². The summed E-state index contributed by atoms with van der Waals surface area (Å²) in [4.78, 5) is 11.3. The number of benzene rings is 1. The molecule has 1 aromatic rings. The maximum absolute atomic E-state index is 11.3. The molecule has 17 heavy (non-hydrogen) atoms. The lowest BCUT2D eigenvalue weighted by molar-refractivity contribution is 0.100. The Bertz CT molecular complexity index is 423. The molecule has 94 valence electrons. The predicted octanol–water partition coefficient (Wildman–Crippen LogP) is 1.47. The van der Waals surface area contributed by atoms with Crippen LogP contribution in [0.5, 0.6) is 0 Å². The summed E-state index contributed by atoms with van der Waals surface area (Å²) in [5.74, 6) is -0.577. The first-order valence-electron chi connectivity index (χ1n) is 5.11. The second kappa shape index (κ2) is 5.75. The van der Waals surface area contributed by atoms with E-state index in [-0.39, 0.29) is 11.7 Å². The van der Waals surface area contributed by atoms with Crippen molar-refractivity contribution in [2.45, 2.75) is 13.0 Å². The second-order valence-electron chi connectivity index (χ2n) is 3.72. The number of ether oxygens (including phenoxy) is 1. The molecule has 5 N–H and O–H groups in total. The standard InChI is InChI=1S/C11H16ClN3O2/c1-6(17-2)5-15-10-8(11(14)16)3-7(13)4-9(10)12/h3-4,6,15H,5,13H2,1-2H3,(H2,14,16). The average molecular weight is 258 g/mol. The van der Waals surface area contributed by atoms with E-state index in [1.807, 2.05) is 6.92 Å². The fourth-order valence-electron chi connectivity index (χ4n) is 1.33. The average Bonchev–Trinajstić information content (AvgIpc) is 2.26. The van der Waals surface area contributed by atoms with Crippen LogP contribution in [0.1, 0.15) is 17.3 Å². The van der Waals surface area contributed by atoms with Crippen molar-refractivity contribution < 1.29 is 9.53 Å².